The summed E-state index contributed by atoms with van der Waals surface area (Å²) in [7, 11) is 0. The molecule has 7 heteroatoms. The van der Waals surface area contributed by atoms with E-state index in [0.717, 1.165) is 0 Å². The summed E-state index contributed by atoms with van der Waals surface area (Å²) in [4.78, 5) is 19.7. The lowest BCUT2D eigenvalue weighted by Crippen LogP contribution is -2.35. The number of aromatic nitrogens is 2. The first kappa shape index (κ1) is 12.9. The molecule has 2 rings (SSSR count). The SMILES string of the molecule is C[C@@H](NC(=O)CSc1nc(N)cc(N)n1)C1CC1. The van der Waals surface area contributed by atoms with E-state index in [4.69, 9.17) is 11.5 Å². The van der Waals surface area contributed by atoms with Crippen molar-refractivity contribution in [2.24, 2.45) is 5.92 Å². The van der Waals surface area contributed by atoms with Crippen molar-refractivity contribution in [1.82, 2.24) is 15.3 Å². The Hall–Kier alpha value is -1.50. The van der Waals surface area contributed by atoms with Crippen LogP contribution in [0.5, 0.6) is 0 Å². The molecule has 1 heterocycles. The lowest BCUT2D eigenvalue weighted by atomic mass is 10.2. The van der Waals surface area contributed by atoms with Gasteiger partial charge in [-0.25, -0.2) is 9.97 Å². The standard InChI is InChI=1S/C11H17N5OS/c1-6(7-2-3-7)14-10(17)5-18-11-15-8(12)4-9(13)16-11/h4,6-7H,2-3,5H2,1H3,(H,14,17)(H4,12,13,15,16)/t6-/m1/s1. The van der Waals surface area contributed by atoms with E-state index >= 15 is 0 Å². The van der Waals surface area contributed by atoms with Crippen molar-refractivity contribution in [1.29, 1.82) is 0 Å². The van der Waals surface area contributed by atoms with Gasteiger partial charge in [-0.05, 0) is 25.7 Å². The molecule has 0 bridgehead atoms. The number of amides is 1. The number of nitrogens with one attached hydrogen (secondary N) is 1. The highest BCUT2D eigenvalue weighted by atomic mass is 32.2. The molecule has 1 aromatic rings. The van der Waals surface area contributed by atoms with Crippen LogP contribution >= 0.6 is 11.8 Å². The van der Waals surface area contributed by atoms with Crippen LogP contribution in [0.15, 0.2) is 11.2 Å². The summed E-state index contributed by atoms with van der Waals surface area (Å²) < 4.78 is 0. The van der Waals surface area contributed by atoms with Gasteiger partial charge in [0.25, 0.3) is 0 Å². The average molecular weight is 267 g/mol. The number of thioether (sulfide) groups is 1. The van der Waals surface area contributed by atoms with Crippen molar-refractivity contribution in [3.63, 3.8) is 0 Å². The van der Waals surface area contributed by atoms with Crippen molar-refractivity contribution in [3.05, 3.63) is 6.07 Å². The Kier molecular flexibility index (Phi) is 3.90. The molecule has 6 nitrogen and oxygen atoms in total. The average Bonchev–Trinajstić information content (AvgIpc) is 3.08. The monoisotopic (exact) mass is 267 g/mol. The molecule has 98 valence electrons. The minimum absolute atomic E-state index is 0.0102. The number of hydrogen-bond acceptors (Lipinski definition) is 6. The van der Waals surface area contributed by atoms with Gasteiger partial charge in [0.05, 0.1) is 5.75 Å². The van der Waals surface area contributed by atoms with Gasteiger partial charge in [-0.1, -0.05) is 11.8 Å². The number of anilines is 2. The maximum absolute atomic E-state index is 11.7. The second-order valence-electron chi connectivity index (χ2n) is 4.48. The Morgan fingerprint density at radius 3 is 2.67 bits per heavy atom. The summed E-state index contributed by atoms with van der Waals surface area (Å²) in [5.74, 6) is 1.55. The maximum Gasteiger partial charge on any atom is 0.230 e. The van der Waals surface area contributed by atoms with E-state index in [0.29, 0.717) is 22.7 Å². The number of carbonyl (C=O) groups is 1. The van der Waals surface area contributed by atoms with Crippen LogP contribution < -0.4 is 16.8 Å². The third kappa shape index (κ3) is 3.76. The number of rotatable bonds is 5. The molecular weight excluding hydrogens is 250 g/mol. The highest BCUT2D eigenvalue weighted by molar-refractivity contribution is 7.99. The van der Waals surface area contributed by atoms with E-state index in [2.05, 4.69) is 15.3 Å². The quantitative estimate of drug-likeness (QED) is 0.534. The number of nitrogens with two attached hydrogens (primary N) is 2. The molecule has 1 amide bonds. The zero-order chi connectivity index (χ0) is 13.1. The van der Waals surface area contributed by atoms with Crippen LogP contribution in [0.25, 0.3) is 0 Å². The number of hydrogen-bond donors (Lipinski definition) is 3. The minimum Gasteiger partial charge on any atom is -0.383 e. The van der Waals surface area contributed by atoms with Gasteiger partial charge in [-0.15, -0.1) is 0 Å². The van der Waals surface area contributed by atoms with Crippen molar-refractivity contribution in [2.75, 3.05) is 17.2 Å². The molecule has 5 N–H and O–H groups in total. The van der Waals surface area contributed by atoms with Gasteiger partial charge in [0, 0.05) is 12.1 Å². The smallest absolute Gasteiger partial charge is 0.230 e. The summed E-state index contributed by atoms with van der Waals surface area (Å²) in [5.41, 5.74) is 11.1. The van der Waals surface area contributed by atoms with Crippen molar-refractivity contribution in [2.45, 2.75) is 31.0 Å². The first-order valence-electron chi connectivity index (χ1n) is 5.87. The molecule has 1 fully saturated rings. The Morgan fingerprint density at radius 2 is 2.11 bits per heavy atom. The third-order valence-corrected chi connectivity index (χ3v) is 3.64. The molecule has 1 atom stereocenters. The topological polar surface area (TPSA) is 107 Å². The van der Waals surface area contributed by atoms with Gasteiger partial charge in [0.1, 0.15) is 11.6 Å². The Balaban J connectivity index is 1.81. The van der Waals surface area contributed by atoms with E-state index in [1.807, 2.05) is 6.92 Å². The predicted octanol–water partition coefficient (Wildman–Crippen LogP) is 0.648. The number of carbonyl (C=O) groups excluding carboxylic acids is 1. The highest BCUT2D eigenvalue weighted by Crippen LogP contribution is 2.32. The van der Waals surface area contributed by atoms with Crippen LogP contribution in [0.2, 0.25) is 0 Å². The van der Waals surface area contributed by atoms with Crippen LogP contribution in [-0.4, -0.2) is 27.7 Å². The maximum atomic E-state index is 11.7. The summed E-state index contributed by atoms with van der Waals surface area (Å²) in [6, 6.07) is 1.74. The number of nitrogen functional groups attached to an aromatic ring is 2. The van der Waals surface area contributed by atoms with E-state index in [-0.39, 0.29) is 17.7 Å². The van der Waals surface area contributed by atoms with Crippen molar-refractivity contribution >= 4 is 29.3 Å². The van der Waals surface area contributed by atoms with E-state index in [1.54, 1.807) is 0 Å². The van der Waals surface area contributed by atoms with E-state index < -0.39 is 0 Å². The van der Waals surface area contributed by atoms with Gasteiger partial charge in [-0.3, -0.25) is 4.79 Å². The van der Waals surface area contributed by atoms with Crippen LogP contribution in [0.4, 0.5) is 11.6 Å². The van der Waals surface area contributed by atoms with Crippen LogP contribution in [0, 0.1) is 5.92 Å². The Morgan fingerprint density at radius 1 is 1.50 bits per heavy atom. The van der Waals surface area contributed by atoms with Gasteiger partial charge in [-0.2, -0.15) is 0 Å². The summed E-state index contributed by atoms with van der Waals surface area (Å²) in [6.45, 7) is 2.04. The molecule has 0 saturated heterocycles. The Bertz CT molecular complexity index is 429. The van der Waals surface area contributed by atoms with Crippen LogP contribution in [0.3, 0.4) is 0 Å². The molecule has 0 aromatic carbocycles. The normalized spacial score (nSPS) is 16.3. The molecule has 0 aliphatic heterocycles. The lowest BCUT2D eigenvalue weighted by molar-refractivity contribution is -0.119. The minimum atomic E-state index is -0.0102. The first-order valence-corrected chi connectivity index (χ1v) is 6.85. The van der Waals surface area contributed by atoms with Crippen LogP contribution in [-0.2, 0) is 4.79 Å². The summed E-state index contributed by atoms with van der Waals surface area (Å²) >= 11 is 1.24. The molecule has 18 heavy (non-hydrogen) atoms. The van der Waals surface area contributed by atoms with Gasteiger partial charge in [0.15, 0.2) is 5.16 Å². The zero-order valence-electron chi connectivity index (χ0n) is 10.2. The first-order chi connectivity index (χ1) is 8.54. The second-order valence-corrected chi connectivity index (χ2v) is 5.43. The molecular formula is C11H17N5OS. The fourth-order valence-electron chi connectivity index (χ4n) is 1.67. The number of nitrogens with zero attached hydrogens (tertiary/aromatic N) is 2. The fourth-order valence-corrected chi connectivity index (χ4v) is 2.35. The van der Waals surface area contributed by atoms with Gasteiger partial charge >= 0.3 is 0 Å². The molecule has 1 aromatic heterocycles. The zero-order valence-corrected chi connectivity index (χ0v) is 11.0. The second kappa shape index (κ2) is 5.43. The Labute approximate surface area is 110 Å². The molecule has 1 aliphatic rings. The molecule has 0 radical (unpaired) electrons. The summed E-state index contributed by atoms with van der Waals surface area (Å²) in [6.07, 6.45) is 2.42. The molecule has 0 unspecified atom stereocenters. The fraction of sp³-hybridized carbons (Fsp3) is 0.545. The summed E-state index contributed by atoms with van der Waals surface area (Å²) in [5, 5.41) is 3.40. The lowest BCUT2D eigenvalue weighted by Gasteiger charge is -2.12. The molecule has 0 spiro atoms. The molecule has 1 saturated carbocycles. The van der Waals surface area contributed by atoms with Crippen molar-refractivity contribution in [3.8, 4) is 0 Å². The van der Waals surface area contributed by atoms with E-state index in [9.17, 15) is 4.79 Å². The van der Waals surface area contributed by atoms with E-state index in [1.165, 1.54) is 30.7 Å². The van der Waals surface area contributed by atoms with Crippen LogP contribution in [0.1, 0.15) is 19.8 Å². The van der Waals surface area contributed by atoms with Crippen molar-refractivity contribution < 1.29 is 4.79 Å². The molecule has 1 aliphatic carbocycles. The van der Waals surface area contributed by atoms with Gasteiger partial charge in [0.2, 0.25) is 5.91 Å². The van der Waals surface area contributed by atoms with Gasteiger partial charge < -0.3 is 16.8 Å². The predicted molar refractivity (Wildman–Crippen MR) is 71.9 cm³/mol. The third-order valence-electron chi connectivity index (χ3n) is 2.80. The largest absolute Gasteiger partial charge is 0.383 e. The highest BCUT2D eigenvalue weighted by Gasteiger charge is 2.28.